The van der Waals surface area contributed by atoms with Gasteiger partial charge < -0.3 is 10.1 Å². The molecule has 0 radical (unpaired) electrons. The van der Waals surface area contributed by atoms with Gasteiger partial charge in [-0.1, -0.05) is 18.2 Å². The standard InChI is InChI=1S/C20H25N3O/c1-2-9-22-18(5-1)14-24-19-6-3-4-17(12-19)13-23-11-8-20(16-23)7-10-21-15-20/h1-6,9,12,21H,7-8,10-11,13-16H2. The van der Waals surface area contributed by atoms with E-state index in [-0.39, 0.29) is 0 Å². The van der Waals surface area contributed by atoms with E-state index >= 15 is 0 Å². The Bertz CT molecular complexity index is 668. The van der Waals surface area contributed by atoms with Crippen molar-refractivity contribution in [3.05, 3.63) is 59.9 Å². The Labute approximate surface area is 143 Å². The van der Waals surface area contributed by atoms with E-state index in [1.54, 1.807) is 6.20 Å². The molecule has 24 heavy (non-hydrogen) atoms. The van der Waals surface area contributed by atoms with Crippen molar-refractivity contribution in [1.82, 2.24) is 15.2 Å². The maximum absolute atomic E-state index is 5.90. The molecule has 0 aliphatic carbocycles. The first-order valence-electron chi connectivity index (χ1n) is 8.86. The summed E-state index contributed by atoms with van der Waals surface area (Å²) in [5, 5.41) is 3.53. The van der Waals surface area contributed by atoms with Crippen LogP contribution in [0.15, 0.2) is 48.7 Å². The summed E-state index contributed by atoms with van der Waals surface area (Å²) in [5.41, 5.74) is 2.82. The fourth-order valence-electron chi connectivity index (χ4n) is 3.94. The zero-order chi connectivity index (χ0) is 16.2. The Kier molecular flexibility index (Phi) is 4.50. The van der Waals surface area contributed by atoms with Crippen LogP contribution in [0.4, 0.5) is 0 Å². The van der Waals surface area contributed by atoms with Crippen LogP contribution in [0.2, 0.25) is 0 Å². The lowest BCUT2D eigenvalue weighted by molar-refractivity contribution is 0.267. The third kappa shape index (κ3) is 3.60. The number of nitrogens with zero attached hydrogens (tertiary/aromatic N) is 2. The van der Waals surface area contributed by atoms with Crippen molar-refractivity contribution >= 4 is 0 Å². The van der Waals surface area contributed by atoms with E-state index in [2.05, 4.69) is 33.4 Å². The molecule has 126 valence electrons. The van der Waals surface area contributed by atoms with Gasteiger partial charge in [0.2, 0.25) is 0 Å². The van der Waals surface area contributed by atoms with Gasteiger partial charge in [0.25, 0.3) is 0 Å². The minimum Gasteiger partial charge on any atom is -0.487 e. The number of likely N-dealkylation sites (tertiary alicyclic amines) is 1. The highest BCUT2D eigenvalue weighted by Crippen LogP contribution is 2.36. The predicted octanol–water partition coefficient (Wildman–Crippen LogP) is 2.85. The van der Waals surface area contributed by atoms with Crippen LogP contribution in [0.5, 0.6) is 5.75 Å². The van der Waals surface area contributed by atoms with Crippen molar-refractivity contribution in [2.24, 2.45) is 5.41 Å². The van der Waals surface area contributed by atoms with Crippen LogP contribution in [0.25, 0.3) is 0 Å². The Morgan fingerprint density at radius 1 is 1.17 bits per heavy atom. The van der Waals surface area contributed by atoms with Gasteiger partial charge in [-0.25, -0.2) is 0 Å². The molecule has 2 aliphatic rings. The number of hydrogen-bond acceptors (Lipinski definition) is 4. The summed E-state index contributed by atoms with van der Waals surface area (Å²) in [6.45, 7) is 6.34. The number of benzene rings is 1. The number of pyridine rings is 1. The number of hydrogen-bond donors (Lipinski definition) is 1. The lowest BCUT2D eigenvalue weighted by atomic mass is 9.86. The van der Waals surface area contributed by atoms with Crippen molar-refractivity contribution in [3.63, 3.8) is 0 Å². The molecule has 1 atom stereocenters. The second kappa shape index (κ2) is 6.91. The minimum atomic E-state index is 0.517. The Hall–Kier alpha value is -1.91. The molecule has 1 aromatic heterocycles. The van der Waals surface area contributed by atoms with E-state index in [1.807, 2.05) is 24.3 Å². The van der Waals surface area contributed by atoms with Crippen molar-refractivity contribution in [3.8, 4) is 5.75 Å². The molecule has 2 aliphatic heterocycles. The number of ether oxygens (including phenoxy) is 1. The molecule has 4 nitrogen and oxygen atoms in total. The molecule has 1 spiro atoms. The maximum atomic E-state index is 5.90. The van der Waals surface area contributed by atoms with Crippen LogP contribution in [0, 0.1) is 5.41 Å². The monoisotopic (exact) mass is 323 g/mol. The van der Waals surface area contributed by atoms with Gasteiger partial charge in [0.1, 0.15) is 12.4 Å². The first-order chi connectivity index (χ1) is 11.8. The second-order valence-corrected chi connectivity index (χ2v) is 7.14. The lowest BCUT2D eigenvalue weighted by Crippen LogP contribution is -2.28. The number of aromatic nitrogens is 1. The molecule has 2 fully saturated rings. The fraction of sp³-hybridized carbons (Fsp3) is 0.450. The average Bonchev–Trinajstić information content (AvgIpc) is 3.24. The Morgan fingerprint density at radius 2 is 2.17 bits per heavy atom. The summed E-state index contributed by atoms with van der Waals surface area (Å²) in [7, 11) is 0. The van der Waals surface area contributed by atoms with Gasteiger partial charge in [0.05, 0.1) is 5.69 Å². The highest BCUT2D eigenvalue weighted by Gasteiger charge is 2.39. The molecule has 1 N–H and O–H groups in total. The summed E-state index contributed by atoms with van der Waals surface area (Å²) < 4.78 is 5.90. The van der Waals surface area contributed by atoms with E-state index in [0.717, 1.165) is 18.0 Å². The number of nitrogens with one attached hydrogen (secondary N) is 1. The summed E-state index contributed by atoms with van der Waals surface area (Å²) in [4.78, 5) is 6.89. The maximum Gasteiger partial charge on any atom is 0.130 e. The number of rotatable bonds is 5. The van der Waals surface area contributed by atoms with E-state index in [9.17, 15) is 0 Å². The minimum absolute atomic E-state index is 0.517. The third-order valence-corrected chi connectivity index (χ3v) is 5.27. The lowest BCUT2D eigenvalue weighted by Gasteiger charge is -2.23. The van der Waals surface area contributed by atoms with E-state index in [1.165, 1.54) is 44.6 Å². The summed E-state index contributed by atoms with van der Waals surface area (Å²) in [6.07, 6.45) is 4.46. The van der Waals surface area contributed by atoms with Crippen molar-refractivity contribution in [1.29, 1.82) is 0 Å². The molecule has 0 amide bonds. The highest BCUT2D eigenvalue weighted by molar-refractivity contribution is 5.28. The van der Waals surface area contributed by atoms with Gasteiger partial charge in [-0.3, -0.25) is 9.88 Å². The van der Waals surface area contributed by atoms with Crippen LogP contribution < -0.4 is 10.1 Å². The second-order valence-electron chi connectivity index (χ2n) is 7.14. The quantitative estimate of drug-likeness (QED) is 0.918. The van der Waals surface area contributed by atoms with Gasteiger partial charge in [-0.15, -0.1) is 0 Å². The van der Waals surface area contributed by atoms with Crippen LogP contribution in [0.1, 0.15) is 24.1 Å². The highest BCUT2D eigenvalue weighted by atomic mass is 16.5. The van der Waals surface area contributed by atoms with E-state index < -0.39 is 0 Å². The van der Waals surface area contributed by atoms with E-state index in [0.29, 0.717) is 12.0 Å². The van der Waals surface area contributed by atoms with Crippen molar-refractivity contribution in [2.45, 2.75) is 26.0 Å². The Balaban J connectivity index is 1.35. The Morgan fingerprint density at radius 3 is 3.00 bits per heavy atom. The van der Waals surface area contributed by atoms with Crippen LogP contribution in [0.3, 0.4) is 0 Å². The smallest absolute Gasteiger partial charge is 0.130 e. The zero-order valence-electron chi connectivity index (χ0n) is 14.1. The van der Waals surface area contributed by atoms with Crippen LogP contribution in [-0.2, 0) is 13.2 Å². The van der Waals surface area contributed by atoms with Gasteiger partial charge >= 0.3 is 0 Å². The molecule has 2 aromatic rings. The van der Waals surface area contributed by atoms with Crippen molar-refractivity contribution < 1.29 is 4.74 Å². The molecule has 1 unspecified atom stereocenters. The molecule has 2 saturated heterocycles. The van der Waals surface area contributed by atoms with Gasteiger partial charge in [0, 0.05) is 25.8 Å². The van der Waals surface area contributed by atoms with Gasteiger partial charge in [0.15, 0.2) is 0 Å². The molecule has 1 aromatic carbocycles. The summed E-state index contributed by atoms with van der Waals surface area (Å²) in [5.74, 6) is 0.926. The zero-order valence-corrected chi connectivity index (χ0v) is 14.1. The van der Waals surface area contributed by atoms with E-state index in [4.69, 9.17) is 4.74 Å². The predicted molar refractivity (Wildman–Crippen MR) is 94.8 cm³/mol. The molecule has 3 heterocycles. The third-order valence-electron chi connectivity index (χ3n) is 5.27. The van der Waals surface area contributed by atoms with Crippen LogP contribution >= 0.6 is 0 Å². The molecule has 4 heteroatoms. The van der Waals surface area contributed by atoms with Crippen molar-refractivity contribution in [2.75, 3.05) is 26.2 Å². The first-order valence-corrected chi connectivity index (χ1v) is 8.86. The first kappa shape index (κ1) is 15.6. The summed E-state index contributed by atoms with van der Waals surface area (Å²) in [6, 6.07) is 14.4. The fourth-order valence-corrected chi connectivity index (χ4v) is 3.94. The molecule has 4 rings (SSSR count). The largest absolute Gasteiger partial charge is 0.487 e. The normalized spacial score (nSPS) is 23.8. The molecule has 0 bridgehead atoms. The van der Waals surface area contributed by atoms with Gasteiger partial charge in [-0.2, -0.15) is 0 Å². The molecular formula is C20H25N3O. The summed E-state index contributed by atoms with van der Waals surface area (Å²) >= 11 is 0. The average molecular weight is 323 g/mol. The molecule has 0 saturated carbocycles. The van der Waals surface area contributed by atoms with Crippen LogP contribution in [-0.4, -0.2) is 36.1 Å². The molecular weight excluding hydrogens is 298 g/mol. The van der Waals surface area contributed by atoms with Gasteiger partial charge in [-0.05, 0) is 61.2 Å². The topological polar surface area (TPSA) is 37.4 Å². The SMILES string of the molecule is c1ccc(COc2cccc(CN3CCC4(CCNC4)C3)c2)nc1.